The van der Waals surface area contributed by atoms with E-state index in [0.717, 1.165) is 12.4 Å². The van der Waals surface area contributed by atoms with Crippen molar-refractivity contribution in [2.75, 3.05) is 18.5 Å². The first-order chi connectivity index (χ1) is 8.08. The molecule has 0 aliphatic heterocycles. The van der Waals surface area contributed by atoms with Gasteiger partial charge < -0.3 is 14.8 Å². The van der Waals surface area contributed by atoms with Crippen molar-refractivity contribution in [1.82, 2.24) is 9.97 Å². The zero-order chi connectivity index (χ0) is 12.7. The first-order valence-electron chi connectivity index (χ1n) is 5.92. The predicted octanol–water partition coefficient (Wildman–Crippen LogP) is 2.10. The average molecular weight is 239 g/mol. The minimum absolute atomic E-state index is 0.113. The molecular formula is C12H21N3O2. The molecule has 0 radical (unpaired) electrons. The molecule has 0 aliphatic rings. The number of nitrogens with zero attached hydrogens (tertiary/aromatic N) is 2. The summed E-state index contributed by atoms with van der Waals surface area (Å²) in [4.78, 5) is 8.14. The topological polar surface area (TPSA) is 56.3 Å². The van der Waals surface area contributed by atoms with Crippen LogP contribution in [0, 0.1) is 0 Å². The first-order valence-corrected chi connectivity index (χ1v) is 5.92. The van der Waals surface area contributed by atoms with Crippen LogP contribution in [0.4, 0.5) is 5.82 Å². The maximum Gasteiger partial charge on any atom is 0.218 e. The fourth-order valence-electron chi connectivity index (χ4n) is 1.22. The molecule has 0 saturated carbocycles. The maximum atomic E-state index is 5.48. The van der Waals surface area contributed by atoms with Crippen LogP contribution in [-0.2, 0) is 4.74 Å². The Morgan fingerprint density at radius 1 is 1.18 bits per heavy atom. The standard InChI is InChI=1S/C12H21N3O2/c1-9(2)16-6-5-13-11-7-12(15-8-14-11)17-10(3)4/h7-10H,5-6H2,1-4H3,(H,13,14,15). The van der Waals surface area contributed by atoms with E-state index in [-0.39, 0.29) is 12.2 Å². The highest BCUT2D eigenvalue weighted by molar-refractivity contribution is 5.36. The summed E-state index contributed by atoms with van der Waals surface area (Å²) in [5.74, 6) is 1.34. The van der Waals surface area contributed by atoms with Gasteiger partial charge in [-0.25, -0.2) is 9.97 Å². The van der Waals surface area contributed by atoms with Gasteiger partial charge in [-0.1, -0.05) is 0 Å². The summed E-state index contributed by atoms with van der Waals surface area (Å²) in [6.45, 7) is 9.33. The van der Waals surface area contributed by atoms with E-state index in [1.165, 1.54) is 6.33 Å². The lowest BCUT2D eigenvalue weighted by Crippen LogP contribution is -2.14. The van der Waals surface area contributed by atoms with Crippen LogP contribution in [-0.4, -0.2) is 35.3 Å². The van der Waals surface area contributed by atoms with E-state index in [1.54, 1.807) is 6.07 Å². The van der Waals surface area contributed by atoms with Crippen LogP contribution < -0.4 is 10.1 Å². The Morgan fingerprint density at radius 2 is 1.94 bits per heavy atom. The van der Waals surface area contributed by atoms with E-state index in [1.807, 2.05) is 27.7 Å². The number of ether oxygens (including phenoxy) is 2. The van der Waals surface area contributed by atoms with Crippen molar-refractivity contribution in [2.24, 2.45) is 0 Å². The highest BCUT2D eigenvalue weighted by Crippen LogP contribution is 2.12. The van der Waals surface area contributed by atoms with Crippen molar-refractivity contribution >= 4 is 5.82 Å². The molecule has 17 heavy (non-hydrogen) atoms. The molecule has 1 heterocycles. The van der Waals surface area contributed by atoms with Crippen molar-refractivity contribution in [2.45, 2.75) is 39.9 Å². The number of hydrogen-bond donors (Lipinski definition) is 1. The minimum atomic E-state index is 0.113. The van der Waals surface area contributed by atoms with E-state index in [2.05, 4.69) is 15.3 Å². The molecule has 0 spiro atoms. The van der Waals surface area contributed by atoms with Crippen LogP contribution in [0.25, 0.3) is 0 Å². The average Bonchev–Trinajstić information content (AvgIpc) is 2.24. The summed E-state index contributed by atoms with van der Waals surface area (Å²) < 4.78 is 10.9. The minimum Gasteiger partial charge on any atom is -0.475 e. The quantitative estimate of drug-likeness (QED) is 0.738. The Hall–Kier alpha value is -1.36. The molecule has 96 valence electrons. The van der Waals surface area contributed by atoms with Crippen molar-refractivity contribution in [1.29, 1.82) is 0 Å². The Balaban J connectivity index is 2.37. The summed E-state index contributed by atoms with van der Waals surface area (Å²) >= 11 is 0. The fourth-order valence-corrected chi connectivity index (χ4v) is 1.22. The van der Waals surface area contributed by atoms with Crippen LogP contribution >= 0.6 is 0 Å². The summed E-state index contributed by atoms with van der Waals surface area (Å²) in [6.07, 6.45) is 1.85. The number of aromatic nitrogens is 2. The van der Waals surface area contributed by atoms with E-state index >= 15 is 0 Å². The third-order valence-electron chi connectivity index (χ3n) is 1.86. The van der Waals surface area contributed by atoms with Crippen LogP contribution in [0.1, 0.15) is 27.7 Å². The Kier molecular flexibility index (Phi) is 5.69. The van der Waals surface area contributed by atoms with Gasteiger partial charge in [0.1, 0.15) is 12.1 Å². The van der Waals surface area contributed by atoms with Gasteiger partial charge in [0.15, 0.2) is 0 Å². The van der Waals surface area contributed by atoms with Crippen molar-refractivity contribution < 1.29 is 9.47 Å². The molecule has 0 atom stereocenters. The van der Waals surface area contributed by atoms with Gasteiger partial charge in [0.25, 0.3) is 0 Å². The normalized spacial score (nSPS) is 10.9. The van der Waals surface area contributed by atoms with E-state index in [4.69, 9.17) is 9.47 Å². The highest BCUT2D eigenvalue weighted by atomic mass is 16.5. The van der Waals surface area contributed by atoms with Crippen molar-refractivity contribution in [3.8, 4) is 5.88 Å². The monoisotopic (exact) mass is 239 g/mol. The number of hydrogen-bond acceptors (Lipinski definition) is 5. The fraction of sp³-hybridized carbons (Fsp3) is 0.667. The highest BCUT2D eigenvalue weighted by Gasteiger charge is 2.01. The van der Waals surface area contributed by atoms with Gasteiger partial charge in [0, 0.05) is 12.6 Å². The molecule has 1 aromatic heterocycles. The molecule has 0 fully saturated rings. The Labute approximate surface area is 103 Å². The second-order valence-corrected chi connectivity index (χ2v) is 4.25. The van der Waals surface area contributed by atoms with Crippen molar-refractivity contribution in [3.05, 3.63) is 12.4 Å². The van der Waals surface area contributed by atoms with Crippen LogP contribution in [0.3, 0.4) is 0 Å². The number of nitrogens with one attached hydrogen (secondary N) is 1. The van der Waals surface area contributed by atoms with Crippen LogP contribution in [0.2, 0.25) is 0 Å². The van der Waals surface area contributed by atoms with E-state index in [9.17, 15) is 0 Å². The maximum absolute atomic E-state index is 5.48. The third-order valence-corrected chi connectivity index (χ3v) is 1.86. The second-order valence-electron chi connectivity index (χ2n) is 4.25. The molecule has 0 unspecified atom stereocenters. The lowest BCUT2D eigenvalue weighted by Gasteiger charge is -2.11. The van der Waals surface area contributed by atoms with Gasteiger partial charge >= 0.3 is 0 Å². The molecule has 1 aromatic rings. The summed E-state index contributed by atoms with van der Waals surface area (Å²) in [6, 6.07) is 1.79. The van der Waals surface area contributed by atoms with Crippen LogP contribution in [0.5, 0.6) is 5.88 Å². The van der Waals surface area contributed by atoms with Gasteiger partial charge in [-0.3, -0.25) is 0 Å². The first kappa shape index (κ1) is 13.7. The number of rotatable bonds is 7. The summed E-state index contributed by atoms with van der Waals surface area (Å²) in [7, 11) is 0. The molecular weight excluding hydrogens is 218 g/mol. The van der Waals surface area contributed by atoms with E-state index in [0.29, 0.717) is 12.5 Å². The Morgan fingerprint density at radius 3 is 2.59 bits per heavy atom. The zero-order valence-corrected chi connectivity index (χ0v) is 10.9. The van der Waals surface area contributed by atoms with Crippen LogP contribution in [0.15, 0.2) is 12.4 Å². The van der Waals surface area contributed by atoms with Gasteiger partial charge in [0.05, 0.1) is 18.8 Å². The third kappa shape index (κ3) is 6.06. The van der Waals surface area contributed by atoms with E-state index < -0.39 is 0 Å². The van der Waals surface area contributed by atoms with Crippen molar-refractivity contribution in [3.63, 3.8) is 0 Å². The number of anilines is 1. The summed E-state index contributed by atoms with van der Waals surface area (Å²) in [5.41, 5.74) is 0. The molecule has 0 bridgehead atoms. The van der Waals surface area contributed by atoms with Gasteiger partial charge in [0.2, 0.25) is 5.88 Å². The SMILES string of the molecule is CC(C)OCCNc1cc(OC(C)C)ncn1. The molecule has 0 aliphatic carbocycles. The Bertz CT molecular complexity index is 329. The lowest BCUT2D eigenvalue weighted by molar-refractivity contribution is 0.0870. The zero-order valence-electron chi connectivity index (χ0n) is 10.9. The predicted molar refractivity (Wildman–Crippen MR) is 67.4 cm³/mol. The molecule has 5 heteroatoms. The van der Waals surface area contributed by atoms with Gasteiger partial charge in [-0.2, -0.15) is 0 Å². The molecule has 1 rings (SSSR count). The smallest absolute Gasteiger partial charge is 0.218 e. The molecule has 5 nitrogen and oxygen atoms in total. The molecule has 0 amide bonds. The lowest BCUT2D eigenvalue weighted by atomic mass is 10.4. The molecule has 1 N–H and O–H groups in total. The summed E-state index contributed by atoms with van der Waals surface area (Å²) in [5, 5.41) is 3.16. The largest absolute Gasteiger partial charge is 0.475 e. The van der Waals surface area contributed by atoms with Gasteiger partial charge in [-0.15, -0.1) is 0 Å². The molecule has 0 aromatic carbocycles. The van der Waals surface area contributed by atoms with Gasteiger partial charge in [-0.05, 0) is 27.7 Å². The molecule has 0 saturated heterocycles. The second kappa shape index (κ2) is 7.06.